The Morgan fingerprint density at radius 1 is 1.17 bits per heavy atom. The molecule has 0 aliphatic heterocycles. The standard InChI is InChI=1S/C15H15ClIN/c1-10-7-8-11(9-13(10)16)15(18-2)12-5-3-4-6-14(12)17/h3-9,15,18H,1-2H3. The molecule has 94 valence electrons. The minimum Gasteiger partial charge on any atom is -0.309 e. The summed E-state index contributed by atoms with van der Waals surface area (Å²) in [5, 5.41) is 4.18. The van der Waals surface area contributed by atoms with Crippen LogP contribution in [0.25, 0.3) is 0 Å². The molecule has 2 aromatic rings. The molecule has 2 aromatic carbocycles. The van der Waals surface area contributed by atoms with Crippen molar-refractivity contribution in [3.8, 4) is 0 Å². The lowest BCUT2D eigenvalue weighted by Crippen LogP contribution is -2.18. The average Bonchev–Trinajstić information content (AvgIpc) is 2.37. The highest BCUT2D eigenvalue weighted by molar-refractivity contribution is 14.1. The van der Waals surface area contributed by atoms with E-state index in [0.29, 0.717) is 0 Å². The lowest BCUT2D eigenvalue weighted by molar-refractivity contribution is 0.688. The Hall–Kier alpha value is -0.580. The first-order valence-electron chi connectivity index (χ1n) is 5.81. The number of hydrogen-bond acceptors (Lipinski definition) is 1. The van der Waals surface area contributed by atoms with Crippen LogP contribution in [0.15, 0.2) is 42.5 Å². The zero-order valence-electron chi connectivity index (χ0n) is 10.4. The molecule has 0 saturated heterocycles. The van der Waals surface area contributed by atoms with Gasteiger partial charge in [-0.1, -0.05) is 41.9 Å². The predicted molar refractivity (Wildman–Crippen MR) is 86.3 cm³/mol. The summed E-state index contributed by atoms with van der Waals surface area (Å²) in [7, 11) is 1.97. The molecule has 0 spiro atoms. The monoisotopic (exact) mass is 371 g/mol. The molecule has 0 fully saturated rings. The van der Waals surface area contributed by atoms with Crippen molar-refractivity contribution in [3.05, 3.63) is 67.7 Å². The van der Waals surface area contributed by atoms with Crippen LogP contribution in [0, 0.1) is 10.5 Å². The van der Waals surface area contributed by atoms with E-state index in [2.05, 4.69) is 64.3 Å². The van der Waals surface area contributed by atoms with Gasteiger partial charge in [-0.15, -0.1) is 0 Å². The third-order valence-corrected chi connectivity index (χ3v) is 4.42. The summed E-state index contributed by atoms with van der Waals surface area (Å²) >= 11 is 8.58. The molecule has 0 amide bonds. The number of benzene rings is 2. The number of halogens is 2. The second-order valence-electron chi connectivity index (χ2n) is 4.25. The first-order chi connectivity index (χ1) is 8.63. The van der Waals surface area contributed by atoms with Crippen LogP contribution >= 0.6 is 34.2 Å². The van der Waals surface area contributed by atoms with E-state index < -0.39 is 0 Å². The molecule has 1 atom stereocenters. The van der Waals surface area contributed by atoms with E-state index in [1.54, 1.807) is 0 Å². The summed E-state index contributed by atoms with van der Waals surface area (Å²) in [6.45, 7) is 2.02. The molecule has 0 saturated carbocycles. The maximum atomic E-state index is 6.21. The first kappa shape index (κ1) is 13.8. The third kappa shape index (κ3) is 2.87. The summed E-state index contributed by atoms with van der Waals surface area (Å²) in [5.74, 6) is 0. The van der Waals surface area contributed by atoms with Crippen molar-refractivity contribution in [1.82, 2.24) is 5.32 Å². The highest BCUT2D eigenvalue weighted by Crippen LogP contribution is 2.28. The molecule has 0 aliphatic carbocycles. The maximum Gasteiger partial charge on any atom is 0.0585 e. The summed E-state index contributed by atoms with van der Waals surface area (Å²) < 4.78 is 1.26. The molecule has 1 unspecified atom stereocenters. The minimum atomic E-state index is 0.177. The van der Waals surface area contributed by atoms with Gasteiger partial charge in [-0.3, -0.25) is 0 Å². The summed E-state index contributed by atoms with van der Waals surface area (Å²) in [6.07, 6.45) is 0. The number of hydrogen-bond donors (Lipinski definition) is 1. The molecule has 1 nitrogen and oxygen atoms in total. The Balaban J connectivity index is 2.45. The van der Waals surface area contributed by atoms with Gasteiger partial charge in [0.2, 0.25) is 0 Å². The van der Waals surface area contributed by atoms with E-state index in [4.69, 9.17) is 11.6 Å². The summed E-state index contributed by atoms with van der Waals surface area (Å²) in [5.41, 5.74) is 3.58. The molecule has 1 N–H and O–H groups in total. The Bertz CT molecular complexity index is 554. The van der Waals surface area contributed by atoms with Gasteiger partial charge < -0.3 is 5.32 Å². The van der Waals surface area contributed by atoms with Crippen molar-refractivity contribution in [2.24, 2.45) is 0 Å². The second kappa shape index (κ2) is 6.04. The van der Waals surface area contributed by atoms with E-state index in [0.717, 1.165) is 10.6 Å². The van der Waals surface area contributed by atoms with E-state index in [9.17, 15) is 0 Å². The van der Waals surface area contributed by atoms with Gasteiger partial charge in [-0.05, 0) is 65.4 Å². The zero-order valence-corrected chi connectivity index (χ0v) is 13.3. The van der Waals surface area contributed by atoms with Crippen LogP contribution in [-0.4, -0.2) is 7.05 Å². The van der Waals surface area contributed by atoms with Crippen LogP contribution in [0.3, 0.4) is 0 Å². The van der Waals surface area contributed by atoms with E-state index in [-0.39, 0.29) is 6.04 Å². The Kier molecular flexibility index (Phi) is 4.65. The van der Waals surface area contributed by atoms with Crippen LogP contribution in [0.4, 0.5) is 0 Å². The van der Waals surface area contributed by atoms with E-state index >= 15 is 0 Å². The van der Waals surface area contributed by atoms with Gasteiger partial charge in [0.1, 0.15) is 0 Å². The van der Waals surface area contributed by atoms with Gasteiger partial charge in [-0.2, -0.15) is 0 Å². The molecular formula is C15H15ClIN. The highest BCUT2D eigenvalue weighted by Gasteiger charge is 2.15. The van der Waals surface area contributed by atoms with Crippen LogP contribution < -0.4 is 5.32 Å². The fourth-order valence-electron chi connectivity index (χ4n) is 2.00. The van der Waals surface area contributed by atoms with Gasteiger partial charge in [0.15, 0.2) is 0 Å². The smallest absolute Gasteiger partial charge is 0.0585 e. The molecular weight excluding hydrogens is 357 g/mol. The van der Waals surface area contributed by atoms with Crippen molar-refractivity contribution in [1.29, 1.82) is 0 Å². The molecule has 0 radical (unpaired) electrons. The summed E-state index contributed by atoms with van der Waals surface area (Å²) in [6, 6.07) is 14.8. The Morgan fingerprint density at radius 2 is 1.89 bits per heavy atom. The highest BCUT2D eigenvalue weighted by atomic mass is 127. The Morgan fingerprint density at radius 3 is 2.50 bits per heavy atom. The molecule has 18 heavy (non-hydrogen) atoms. The van der Waals surface area contributed by atoms with E-state index in [1.807, 2.05) is 20.0 Å². The number of rotatable bonds is 3. The van der Waals surface area contributed by atoms with Crippen LogP contribution in [0.2, 0.25) is 5.02 Å². The van der Waals surface area contributed by atoms with Crippen LogP contribution in [-0.2, 0) is 0 Å². The van der Waals surface area contributed by atoms with Crippen molar-refractivity contribution < 1.29 is 0 Å². The number of nitrogens with one attached hydrogen (secondary N) is 1. The molecule has 0 heterocycles. The van der Waals surface area contributed by atoms with Gasteiger partial charge >= 0.3 is 0 Å². The predicted octanol–water partition coefficient (Wildman–Crippen LogP) is 4.56. The number of aryl methyl sites for hydroxylation is 1. The fourth-order valence-corrected chi connectivity index (χ4v) is 2.89. The van der Waals surface area contributed by atoms with Crippen LogP contribution in [0.1, 0.15) is 22.7 Å². The molecule has 0 aliphatic rings. The lowest BCUT2D eigenvalue weighted by atomic mass is 9.98. The Labute approximate surface area is 127 Å². The van der Waals surface area contributed by atoms with Crippen LogP contribution in [0.5, 0.6) is 0 Å². The maximum absolute atomic E-state index is 6.21. The van der Waals surface area contributed by atoms with Crippen molar-refractivity contribution in [2.45, 2.75) is 13.0 Å². The average molecular weight is 372 g/mol. The quantitative estimate of drug-likeness (QED) is 0.780. The molecule has 0 bridgehead atoms. The topological polar surface area (TPSA) is 12.0 Å². The van der Waals surface area contributed by atoms with E-state index in [1.165, 1.54) is 14.7 Å². The SMILES string of the molecule is CNC(c1ccc(C)c(Cl)c1)c1ccccc1I. The van der Waals surface area contributed by atoms with Gasteiger partial charge in [0, 0.05) is 8.59 Å². The molecule has 0 aromatic heterocycles. The van der Waals surface area contributed by atoms with Gasteiger partial charge in [0.25, 0.3) is 0 Å². The normalized spacial score (nSPS) is 12.4. The summed E-state index contributed by atoms with van der Waals surface area (Å²) in [4.78, 5) is 0. The minimum absolute atomic E-state index is 0.177. The first-order valence-corrected chi connectivity index (χ1v) is 7.27. The largest absolute Gasteiger partial charge is 0.309 e. The van der Waals surface area contributed by atoms with Gasteiger partial charge in [0.05, 0.1) is 6.04 Å². The third-order valence-electron chi connectivity index (χ3n) is 3.03. The zero-order chi connectivity index (χ0) is 13.1. The lowest BCUT2D eigenvalue weighted by Gasteiger charge is -2.19. The van der Waals surface area contributed by atoms with Crippen molar-refractivity contribution in [3.63, 3.8) is 0 Å². The van der Waals surface area contributed by atoms with Crippen molar-refractivity contribution >= 4 is 34.2 Å². The molecule has 3 heteroatoms. The molecule has 2 rings (SSSR count). The second-order valence-corrected chi connectivity index (χ2v) is 5.82. The van der Waals surface area contributed by atoms with Gasteiger partial charge in [-0.25, -0.2) is 0 Å². The van der Waals surface area contributed by atoms with Crippen molar-refractivity contribution in [2.75, 3.05) is 7.05 Å². The fraction of sp³-hybridized carbons (Fsp3) is 0.200.